The van der Waals surface area contributed by atoms with E-state index in [4.69, 9.17) is 9.84 Å². The van der Waals surface area contributed by atoms with Crippen molar-refractivity contribution in [3.8, 4) is 0 Å². The van der Waals surface area contributed by atoms with Crippen molar-refractivity contribution in [2.45, 2.75) is 38.6 Å². The smallest absolute Gasteiger partial charge is 0.335 e. The predicted octanol–water partition coefficient (Wildman–Crippen LogP) is 3.07. The monoisotopic (exact) mass is 291 g/mol. The molecule has 2 rings (SSSR count). The zero-order valence-corrected chi connectivity index (χ0v) is 12.7. The molecule has 21 heavy (non-hydrogen) atoms. The Hall–Kier alpha value is -1.39. The summed E-state index contributed by atoms with van der Waals surface area (Å²) in [5.74, 6) is -0.871. The highest BCUT2D eigenvalue weighted by Gasteiger charge is 2.32. The zero-order valence-electron chi connectivity index (χ0n) is 12.7. The first-order chi connectivity index (χ1) is 10.2. The Morgan fingerprint density at radius 1 is 1.38 bits per heavy atom. The maximum absolute atomic E-state index is 11.0. The molecule has 0 aromatic heterocycles. The Labute approximate surface area is 126 Å². The van der Waals surface area contributed by atoms with Gasteiger partial charge in [-0.3, -0.25) is 0 Å². The van der Waals surface area contributed by atoms with E-state index in [9.17, 15) is 4.79 Å². The van der Waals surface area contributed by atoms with Crippen molar-refractivity contribution < 1.29 is 14.6 Å². The van der Waals surface area contributed by atoms with Crippen LogP contribution in [0.15, 0.2) is 24.3 Å². The molecule has 1 aliphatic rings. The maximum atomic E-state index is 11.0. The molecule has 0 heterocycles. The number of rotatable bonds is 8. The fourth-order valence-electron chi connectivity index (χ4n) is 3.25. The van der Waals surface area contributed by atoms with Crippen molar-refractivity contribution >= 4 is 5.97 Å². The minimum atomic E-state index is -0.871. The molecule has 0 unspecified atom stereocenters. The lowest BCUT2D eigenvalue weighted by molar-refractivity contribution is 0.0696. The Balaban J connectivity index is 1.87. The van der Waals surface area contributed by atoms with Crippen molar-refractivity contribution in [1.29, 1.82) is 0 Å². The predicted molar refractivity (Wildman–Crippen MR) is 82.5 cm³/mol. The third kappa shape index (κ3) is 4.55. The molecule has 0 radical (unpaired) electrons. The van der Waals surface area contributed by atoms with E-state index in [0.717, 1.165) is 31.7 Å². The number of ether oxygens (including phenoxy) is 1. The van der Waals surface area contributed by atoms with Crippen LogP contribution in [0.4, 0.5) is 0 Å². The lowest BCUT2D eigenvalue weighted by Crippen LogP contribution is -2.33. The summed E-state index contributed by atoms with van der Waals surface area (Å²) in [7, 11) is 1.76. The van der Waals surface area contributed by atoms with Gasteiger partial charge in [0, 0.05) is 26.8 Å². The zero-order chi connectivity index (χ0) is 15.1. The number of hydrogen-bond acceptors (Lipinski definition) is 3. The van der Waals surface area contributed by atoms with Gasteiger partial charge in [0.05, 0.1) is 5.56 Å². The van der Waals surface area contributed by atoms with Crippen LogP contribution in [0.25, 0.3) is 0 Å². The van der Waals surface area contributed by atoms with E-state index in [-0.39, 0.29) is 0 Å². The van der Waals surface area contributed by atoms with Gasteiger partial charge in [0.1, 0.15) is 0 Å². The number of carboxylic acids is 1. The molecule has 4 nitrogen and oxygen atoms in total. The second-order valence-electron chi connectivity index (χ2n) is 6.06. The molecule has 1 aromatic carbocycles. The molecule has 0 atom stereocenters. The second kappa shape index (κ2) is 7.57. The highest BCUT2D eigenvalue weighted by Crippen LogP contribution is 2.40. The largest absolute Gasteiger partial charge is 0.478 e. The van der Waals surface area contributed by atoms with Crippen molar-refractivity contribution in [3.05, 3.63) is 35.4 Å². The summed E-state index contributed by atoms with van der Waals surface area (Å²) in [5, 5.41) is 12.5. The molecule has 1 saturated carbocycles. The van der Waals surface area contributed by atoms with Crippen molar-refractivity contribution in [1.82, 2.24) is 5.32 Å². The summed E-state index contributed by atoms with van der Waals surface area (Å²) >= 11 is 0. The van der Waals surface area contributed by atoms with Gasteiger partial charge in [-0.05, 0) is 42.4 Å². The SMILES string of the molecule is COCCC1(CNCc2cccc(C(=O)O)c2)CCCC1. The summed E-state index contributed by atoms with van der Waals surface area (Å²) in [4.78, 5) is 11.0. The van der Waals surface area contributed by atoms with E-state index in [1.807, 2.05) is 6.07 Å². The average molecular weight is 291 g/mol. The van der Waals surface area contributed by atoms with E-state index < -0.39 is 5.97 Å². The summed E-state index contributed by atoms with van der Waals surface area (Å²) < 4.78 is 5.24. The fourth-order valence-corrected chi connectivity index (χ4v) is 3.25. The number of nitrogens with one attached hydrogen (secondary N) is 1. The molecular formula is C17H25NO3. The average Bonchev–Trinajstić information content (AvgIpc) is 2.95. The Kier molecular flexibility index (Phi) is 5.76. The van der Waals surface area contributed by atoms with Crippen LogP contribution in [0.3, 0.4) is 0 Å². The van der Waals surface area contributed by atoms with E-state index in [1.165, 1.54) is 25.7 Å². The molecule has 0 saturated heterocycles. The van der Waals surface area contributed by atoms with Crippen LogP contribution in [0.1, 0.15) is 48.0 Å². The first-order valence-electron chi connectivity index (χ1n) is 7.67. The quantitative estimate of drug-likeness (QED) is 0.773. The van der Waals surface area contributed by atoms with Gasteiger partial charge >= 0.3 is 5.97 Å². The van der Waals surface area contributed by atoms with E-state index >= 15 is 0 Å². The summed E-state index contributed by atoms with van der Waals surface area (Å²) in [5.41, 5.74) is 1.74. The Morgan fingerprint density at radius 2 is 2.14 bits per heavy atom. The first-order valence-corrected chi connectivity index (χ1v) is 7.67. The molecule has 0 bridgehead atoms. The molecule has 1 aliphatic carbocycles. The van der Waals surface area contributed by atoms with Gasteiger partial charge in [-0.2, -0.15) is 0 Å². The highest BCUT2D eigenvalue weighted by atomic mass is 16.5. The number of carboxylic acid groups (broad SMARTS) is 1. The van der Waals surface area contributed by atoms with E-state index in [2.05, 4.69) is 5.32 Å². The van der Waals surface area contributed by atoms with Gasteiger partial charge in [-0.1, -0.05) is 25.0 Å². The molecule has 0 amide bonds. The van der Waals surface area contributed by atoms with E-state index in [1.54, 1.807) is 25.3 Å². The van der Waals surface area contributed by atoms with Gasteiger partial charge in [0.25, 0.3) is 0 Å². The molecule has 116 valence electrons. The molecule has 4 heteroatoms. The molecule has 1 aromatic rings. The number of carbonyl (C=O) groups is 1. The number of methoxy groups -OCH3 is 1. The van der Waals surface area contributed by atoms with Crippen LogP contribution in [0.2, 0.25) is 0 Å². The van der Waals surface area contributed by atoms with Crippen LogP contribution < -0.4 is 5.32 Å². The second-order valence-corrected chi connectivity index (χ2v) is 6.06. The van der Waals surface area contributed by atoms with Crippen molar-refractivity contribution in [2.24, 2.45) is 5.41 Å². The lowest BCUT2D eigenvalue weighted by atomic mass is 9.83. The van der Waals surface area contributed by atoms with Crippen LogP contribution in [0.5, 0.6) is 0 Å². The molecule has 0 aliphatic heterocycles. The molecular weight excluding hydrogens is 266 g/mol. The van der Waals surface area contributed by atoms with Gasteiger partial charge in [0.2, 0.25) is 0 Å². The minimum absolute atomic E-state index is 0.351. The van der Waals surface area contributed by atoms with Crippen LogP contribution >= 0.6 is 0 Å². The highest BCUT2D eigenvalue weighted by molar-refractivity contribution is 5.87. The van der Waals surface area contributed by atoms with Gasteiger partial charge in [-0.15, -0.1) is 0 Å². The van der Waals surface area contributed by atoms with Gasteiger partial charge < -0.3 is 15.2 Å². The van der Waals surface area contributed by atoms with Gasteiger partial charge in [-0.25, -0.2) is 4.79 Å². The third-order valence-corrected chi connectivity index (χ3v) is 4.50. The van der Waals surface area contributed by atoms with E-state index in [0.29, 0.717) is 11.0 Å². The first kappa shape index (κ1) is 16.0. The number of hydrogen-bond donors (Lipinski definition) is 2. The Morgan fingerprint density at radius 3 is 2.81 bits per heavy atom. The van der Waals surface area contributed by atoms with Gasteiger partial charge in [0.15, 0.2) is 0 Å². The topological polar surface area (TPSA) is 58.6 Å². The minimum Gasteiger partial charge on any atom is -0.478 e. The van der Waals surface area contributed by atoms with Crippen LogP contribution in [-0.2, 0) is 11.3 Å². The Bertz CT molecular complexity index is 467. The number of benzene rings is 1. The number of aromatic carboxylic acids is 1. The molecule has 0 spiro atoms. The van der Waals surface area contributed by atoms with Crippen LogP contribution in [-0.4, -0.2) is 31.3 Å². The molecule has 1 fully saturated rings. The fraction of sp³-hybridized carbons (Fsp3) is 0.588. The lowest BCUT2D eigenvalue weighted by Gasteiger charge is -2.29. The van der Waals surface area contributed by atoms with Crippen molar-refractivity contribution in [2.75, 3.05) is 20.3 Å². The summed E-state index contributed by atoms with van der Waals surface area (Å²) in [6.07, 6.45) is 6.24. The van der Waals surface area contributed by atoms with Crippen molar-refractivity contribution in [3.63, 3.8) is 0 Å². The summed E-state index contributed by atoms with van der Waals surface area (Å²) in [6.45, 7) is 2.51. The third-order valence-electron chi connectivity index (χ3n) is 4.50. The maximum Gasteiger partial charge on any atom is 0.335 e. The summed E-state index contributed by atoms with van der Waals surface area (Å²) in [6, 6.07) is 7.14. The van der Waals surface area contributed by atoms with Crippen LogP contribution in [0, 0.1) is 5.41 Å². The standard InChI is InChI=1S/C17H25NO3/c1-21-10-9-17(7-2-3-8-17)13-18-12-14-5-4-6-15(11-14)16(19)20/h4-6,11,18H,2-3,7-10,12-13H2,1H3,(H,19,20). The normalized spacial score (nSPS) is 17.0. The molecule has 2 N–H and O–H groups in total.